The van der Waals surface area contributed by atoms with Crippen molar-refractivity contribution in [3.63, 3.8) is 0 Å². The normalized spacial score (nSPS) is 12.3. The van der Waals surface area contributed by atoms with Gasteiger partial charge in [-0.2, -0.15) is 0 Å². The summed E-state index contributed by atoms with van der Waals surface area (Å²) >= 11 is 11.8. The molecule has 0 bridgehead atoms. The molecule has 1 aromatic rings. The zero-order valence-corrected chi connectivity index (χ0v) is 9.64. The van der Waals surface area contributed by atoms with Gasteiger partial charge in [0.15, 0.2) is 0 Å². The van der Waals surface area contributed by atoms with Gasteiger partial charge in [0.25, 0.3) is 0 Å². The van der Waals surface area contributed by atoms with Crippen LogP contribution in [0.1, 0.15) is 18.5 Å². The molecule has 0 aliphatic carbocycles. The lowest BCUT2D eigenvalue weighted by molar-refractivity contribution is -0.124. The number of carbonyl (C=O) groups excluding carboxylic acids is 1. The Kier molecular flexibility index (Phi) is 4.39. The highest BCUT2D eigenvalue weighted by atomic mass is 35.5. The summed E-state index contributed by atoms with van der Waals surface area (Å²) in [7, 11) is 0. The molecule has 3 nitrogen and oxygen atoms in total. The van der Waals surface area contributed by atoms with Gasteiger partial charge < -0.3 is 10.4 Å². The molecule has 1 atom stereocenters. The Morgan fingerprint density at radius 3 is 2.80 bits per heavy atom. The number of amides is 1. The summed E-state index contributed by atoms with van der Waals surface area (Å²) < 4.78 is 0. The second-order valence-electron chi connectivity index (χ2n) is 3.11. The van der Waals surface area contributed by atoms with E-state index in [1.807, 2.05) is 0 Å². The van der Waals surface area contributed by atoms with Gasteiger partial charge in [-0.3, -0.25) is 4.79 Å². The van der Waals surface area contributed by atoms with Crippen molar-refractivity contribution in [2.75, 3.05) is 6.61 Å². The number of halogens is 2. The lowest BCUT2D eigenvalue weighted by atomic mass is 10.1. The molecule has 0 saturated carbocycles. The van der Waals surface area contributed by atoms with Crippen molar-refractivity contribution in [2.24, 2.45) is 0 Å². The largest absolute Gasteiger partial charge is 0.387 e. The van der Waals surface area contributed by atoms with Crippen molar-refractivity contribution in [3.05, 3.63) is 33.8 Å². The highest BCUT2D eigenvalue weighted by molar-refractivity contribution is 6.33. The summed E-state index contributed by atoms with van der Waals surface area (Å²) in [5.41, 5.74) is 0.728. The molecule has 5 heteroatoms. The molecule has 0 saturated heterocycles. The maximum Gasteiger partial charge on any atom is 0.246 e. The lowest BCUT2D eigenvalue weighted by Gasteiger charge is -2.15. The number of carbonyl (C=O) groups is 1. The van der Waals surface area contributed by atoms with Crippen molar-refractivity contribution >= 4 is 29.1 Å². The first-order valence-corrected chi connectivity index (χ1v) is 5.15. The van der Waals surface area contributed by atoms with Crippen LogP contribution in [0.5, 0.6) is 0 Å². The quantitative estimate of drug-likeness (QED) is 0.861. The second-order valence-corrected chi connectivity index (χ2v) is 3.96. The molecule has 0 radical (unpaired) electrons. The molecule has 2 N–H and O–H groups in total. The van der Waals surface area contributed by atoms with E-state index in [9.17, 15) is 4.79 Å². The van der Waals surface area contributed by atoms with Gasteiger partial charge in [0.2, 0.25) is 5.91 Å². The highest BCUT2D eigenvalue weighted by Gasteiger charge is 2.12. The first-order chi connectivity index (χ1) is 7.04. The maximum absolute atomic E-state index is 11.0. The summed E-state index contributed by atoms with van der Waals surface area (Å²) in [6.07, 6.45) is 0. The SMILES string of the molecule is C[C@H](NC(=O)CO)c1cc(Cl)ccc1Cl. The van der Waals surface area contributed by atoms with Crippen LogP contribution in [0.25, 0.3) is 0 Å². The van der Waals surface area contributed by atoms with E-state index < -0.39 is 12.5 Å². The molecule has 82 valence electrons. The van der Waals surface area contributed by atoms with E-state index in [2.05, 4.69) is 5.32 Å². The third kappa shape index (κ3) is 3.38. The number of aliphatic hydroxyl groups is 1. The third-order valence-electron chi connectivity index (χ3n) is 1.95. The van der Waals surface area contributed by atoms with Crippen LogP contribution in [0.3, 0.4) is 0 Å². The molecule has 0 heterocycles. The van der Waals surface area contributed by atoms with Gasteiger partial charge in [0.05, 0.1) is 6.04 Å². The molecule has 1 rings (SSSR count). The molecular formula is C10H11Cl2NO2. The van der Waals surface area contributed by atoms with E-state index in [4.69, 9.17) is 28.3 Å². The molecule has 15 heavy (non-hydrogen) atoms. The Labute approximate surface area is 98.0 Å². The fourth-order valence-electron chi connectivity index (χ4n) is 1.21. The third-order valence-corrected chi connectivity index (χ3v) is 2.52. The molecular weight excluding hydrogens is 237 g/mol. The van der Waals surface area contributed by atoms with Crippen LogP contribution in [-0.2, 0) is 4.79 Å². The molecule has 0 fully saturated rings. The second kappa shape index (κ2) is 5.35. The highest BCUT2D eigenvalue weighted by Crippen LogP contribution is 2.25. The van der Waals surface area contributed by atoms with Gasteiger partial charge in [-0.25, -0.2) is 0 Å². The Bertz CT molecular complexity index is 368. The number of hydrogen-bond acceptors (Lipinski definition) is 2. The zero-order chi connectivity index (χ0) is 11.4. The molecule has 0 aliphatic rings. The standard InChI is InChI=1S/C10H11Cl2NO2/c1-6(13-10(15)5-14)8-4-7(11)2-3-9(8)12/h2-4,6,14H,5H2,1H3,(H,13,15)/t6-/m0/s1. The maximum atomic E-state index is 11.0. The molecule has 1 aromatic carbocycles. The number of rotatable bonds is 3. The monoisotopic (exact) mass is 247 g/mol. The van der Waals surface area contributed by atoms with Gasteiger partial charge in [-0.1, -0.05) is 23.2 Å². The topological polar surface area (TPSA) is 49.3 Å². The summed E-state index contributed by atoms with van der Waals surface area (Å²) in [5, 5.41) is 12.3. The Balaban J connectivity index is 2.85. The van der Waals surface area contributed by atoms with Crippen LogP contribution >= 0.6 is 23.2 Å². The first-order valence-electron chi connectivity index (χ1n) is 4.39. The minimum Gasteiger partial charge on any atom is -0.387 e. The Morgan fingerprint density at radius 1 is 1.53 bits per heavy atom. The van der Waals surface area contributed by atoms with E-state index in [-0.39, 0.29) is 6.04 Å². The van der Waals surface area contributed by atoms with Crippen LogP contribution in [-0.4, -0.2) is 17.6 Å². The van der Waals surface area contributed by atoms with Gasteiger partial charge in [0, 0.05) is 10.0 Å². The van der Waals surface area contributed by atoms with Gasteiger partial charge in [-0.05, 0) is 30.7 Å². The van der Waals surface area contributed by atoms with Crippen LogP contribution in [0.4, 0.5) is 0 Å². The first kappa shape index (κ1) is 12.3. The predicted octanol–water partition coefficient (Wildman–Crippen LogP) is 2.16. The lowest BCUT2D eigenvalue weighted by Crippen LogP contribution is -2.29. The van der Waals surface area contributed by atoms with E-state index in [1.165, 1.54) is 0 Å². The molecule has 0 aromatic heterocycles. The number of benzene rings is 1. The molecule has 1 amide bonds. The summed E-state index contributed by atoms with van der Waals surface area (Å²) in [5.74, 6) is -0.446. The van der Waals surface area contributed by atoms with Gasteiger partial charge in [0.1, 0.15) is 6.61 Å². The average Bonchev–Trinajstić information content (AvgIpc) is 2.21. The number of hydrogen-bond donors (Lipinski definition) is 2. The average molecular weight is 248 g/mol. The van der Waals surface area contributed by atoms with Crippen molar-refractivity contribution in [1.82, 2.24) is 5.32 Å². The van der Waals surface area contributed by atoms with E-state index >= 15 is 0 Å². The smallest absolute Gasteiger partial charge is 0.246 e. The predicted molar refractivity (Wildman–Crippen MR) is 60.1 cm³/mol. The zero-order valence-electron chi connectivity index (χ0n) is 8.13. The van der Waals surface area contributed by atoms with Crippen LogP contribution < -0.4 is 5.32 Å². The van der Waals surface area contributed by atoms with E-state index in [1.54, 1.807) is 25.1 Å². The van der Waals surface area contributed by atoms with E-state index in [0.717, 1.165) is 5.56 Å². The van der Waals surface area contributed by atoms with E-state index in [0.29, 0.717) is 10.0 Å². The molecule has 0 unspecified atom stereocenters. The van der Waals surface area contributed by atoms with Crippen molar-refractivity contribution in [1.29, 1.82) is 0 Å². The molecule has 0 spiro atoms. The fourth-order valence-corrected chi connectivity index (χ4v) is 1.67. The van der Waals surface area contributed by atoms with Crippen molar-refractivity contribution in [2.45, 2.75) is 13.0 Å². The summed E-state index contributed by atoms with van der Waals surface area (Å²) in [6.45, 7) is 1.23. The summed E-state index contributed by atoms with van der Waals surface area (Å²) in [4.78, 5) is 11.0. The Morgan fingerprint density at radius 2 is 2.20 bits per heavy atom. The van der Waals surface area contributed by atoms with Gasteiger partial charge in [-0.15, -0.1) is 0 Å². The number of aliphatic hydroxyl groups excluding tert-OH is 1. The van der Waals surface area contributed by atoms with Crippen LogP contribution in [0.2, 0.25) is 10.0 Å². The van der Waals surface area contributed by atoms with Crippen LogP contribution in [0, 0.1) is 0 Å². The van der Waals surface area contributed by atoms with Crippen molar-refractivity contribution < 1.29 is 9.90 Å². The number of nitrogens with one attached hydrogen (secondary N) is 1. The van der Waals surface area contributed by atoms with Crippen LogP contribution in [0.15, 0.2) is 18.2 Å². The fraction of sp³-hybridized carbons (Fsp3) is 0.300. The Hall–Kier alpha value is -0.770. The summed E-state index contributed by atoms with van der Waals surface area (Å²) in [6, 6.07) is 4.75. The minimum absolute atomic E-state index is 0.282. The minimum atomic E-state index is -0.539. The van der Waals surface area contributed by atoms with Gasteiger partial charge >= 0.3 is 0 Å². The molecule has 0 aliphatic heterocycles. The van der Waals surface area contributed by atoms with Crippen molar-refractivity contribution in [3.8, 4) is 0 Å².